The standard InChI is InChI=1S/C15H27NO2/c1-3-13(2)15(9-5-6-10-15)18-14(17)16-11-7-4-8-12-16/h13H,3-12H2,1-2H3. The van der Waals surface area contributed by atoms with Crippen LogP contribution in [-0.2, 0) is 4.74 Å². The van der Waals surface area contributed by atoms with Crippen LogP contribution in [0.3, 0.4) is 0 Å². The van der Waals surface area contributed by atoms with Gasteiger partial charge in [-0.05, 0) is 57.3 Å². The third-order valence-corrected chi connectivity index (χ3v) is 4.87. The van der Waals surface area contributed by atoms with Crippen molar-refractivity contribution in [3.63, 3.8) is 0 Å². The number of carbonyl (C=O) groups excluding carboxylic acids is 1. The Morgan fingerprint density at radius 3 is 2.33 bits per heavy atom. The molecule has 1 saturated heterocycles. The molecule has 1 unspecified atom stereocenters. The average Bonchev–Trinajstić information content (AvgIpc) is 2.88. The molecule has 1 amide bonds. The van der Waals surface area contributed by atoms with Crippen molar-refractivity contribution in [3.05, 3.63) is 0 Å². The highest BCUT2D eigenvalue weighted by Gasteiger charge is 2.42. The van der Waals surface area contributed by atoms with Crippen LogP contribution in [-0.4, -0.2) is 29.7 Å². The molecule has 1 aliphatic carbocycles. The molecule has 0 bridgehead atoms. The number of rotatable bonds is 3. The zero-order valence-corrected chi connectivity index (χ0v) is 11.9. The second-order valence-electron chi connectivity index (χ2n) is 6.00. The van der Waals surface area contributed by atoms with Gasteiger partial charge in [0, 0.05) is 13.1 Å². The topological polar surface area (TPSA) is 29.5 Å². The van der Waals surface area contributed by atoms with E-state index in [0.29, 0.717) is 5.92 Å². The van der Waals surface area contributed by atoms with E-state index in [2.05, 4.69) is 13.8 Å². The summed E-state index contributed by atoms with van der Waals surface area (Å²) in [6.45, 7) is 6.19. The normalized spacial score (nSPS) is 24.9. The molecule has 0 aromatic rings. The van der Waals surface area contributed by atoms with Crippen molar-refractivity contribution in [2.24, 2.45) is 5.92 Å². The minimum atomic E-state index is -0.163. The first-order chi connectivity index (χ1) is 8.68. The summed E-state index contributed by atoms with van der Waals surface area (Å²) in [7, 11) is 0. The number of carbonyl (C=O) groups is 1. The number of hydrogen-bond donors (Lipinski definition) is 0. The Balaban J connectivity index is 1.97. The molecule has 3 nitrogen and oxygen atoms in total. The first-order valence-corrected chi connectivity index (χ1v) is 7.66. The molecule has 0 radical (unpaired) electrons. The maximum absolute atomic E-state index is 12.3. The highest BCUT2D eigenvalue weighted by molar-refractivity contribution is 5.68. The molecule has 2 aliphatic rings. The van der Waals surface area contributed by atoms with Crippen LogP contribution in [0.2, 0.25) is 0 Å². The molecular formula is C15H27NO2. The number of piperidine rings is 1. The molecule has 1 atom stereocenters. The van der Waals surface area contributed by atoms with Crippen LogP contribution in [0, 0.1) is 5.92 Å². The summed E-state index contributed by atoms with van der Waals surface area (Å²) in [5, 5.41) is 0. The summed E-state index contributed by atoms with van der Waals surface area (Å²) >= 11 is 0. The monoisotopic (exact) mass is 253 g/mol. The van der Waals surface area contributed by atoms with Gasteiger partial charge in [0.15, 0.2) is 0 Å². The Morgan fingerprint density at radius 1 is 1.17 bits per heavy atom. The third kappa shape index (κ3) is 2.81. The van der Waals surface area contributed by atoms with Gasteiger partial charge in [-0.25, -0.2) is 4.79 Å². The summed E-state index contributed by atoms with van der Waals surface area (Å²) in [6, 6.07) is 0. The SMILES string of the molecule is CCC(C)C1(OC(=O)N2CCCCC2)CCCC1. The summed E-state index contributed by atoms with van der Waals surface area (Å²) in [5.74, 6) is 0.480. The van der Waals surface area contributed by atoms with E-state index in [9.17, 15) is 4.79 Å². The van der Waals surface area contributed by atoms with Gasteiger partial charge in [0.2, 0.25) is 0 Å². The molecular weight excluding hydrogens is 226 g/mol. The molecule has 104 valence electrons. The summed E-state index contributed by atoms with van der Waals surface area (Å²) < 4.78 is 5.98. The van der Waals surface area contributed by atoms with E-state index in [1.165, 1.54) is 19.3 Å². The molecule has 1 saturated carbocycles. The van der Waals surface area contributed by atoms with Gasteiger partial charge >= 0.3 is 6.09 Å². The van der Waals surface area contributed by atoms with Crippen molar-refractivity contribution in [1.29, 1.82) is 0 Å². The van der Waals surface area contributed by atoms with E-state index in [4.69, 9.17) is 4.74 Å². The lowest BCUT2D eigenvalue weighted by Gasteiger charge is -2.37. The minimum absolute atomic E-state index is 0.0584. The first-order valence-electron chi connectivity index (χ1n) is 7.66. The Hall–Kier alpha value is -0.730. The van der Waals surface area contributed by atoms with Crippen LogP contribution in [0.4, 0.5) is 4.79 Å². The highest BCUT2D eigenvalue weighted by Crippen LogP contribution is 2.41. The van der Waals surface area contributed by atoms with Gasteiger partial charge in [-0.15, -0.1) is 0 Å². The zero-order valence-electron chi connectivity index (χ0n) is 11.9. The Kier molecular flexibility index (Phi) is 4.52. The minimum Gasteiger partial charge on any atom is -0.443 e. The number of amides is 1. The number of hydrogen-bond acceptors (Lipinski definition) is 2. The first kappa shape index (κ1) is 13.7. The molecule has 2 rings (SSSR count). The molecule has 0 aromatic heterocycles. The number of likely N-dealkylation sites (tertiary alicyclic amines) is 1. The van der Waals surface area contributed by atoms with Crippen molar-refractivity contribution in [2.75, 3.05) is 13.1 Å². The second kappa shape index (κ2) is 5.94. The maximum Gasteiger partial charge on any atom is 0.410 e. The van der Waals surface area contributed by atoms with Crippen molar-refractivity contribution < 1.29 is 9.53 Å². The van der Waals surface area contributed by atoms with Crippen molar-refractivity contribution in [2.45, 2.75) is 70.8 Å². The third-order valence-electron chi connectivity index (χ3n) is 4.87. The molecule has 0 spiro atoms. The van der Waals surface area contributed by atoms with Gasteiger partial charge in [-0.2, -0.15) is 0 Å². The predicted octanol–water partition coefficient (Wildman–Crippen LogP) is 3.97. The Bertz CT molecular complexity index is 278. The van der Waals surface area contributed by atoms with E-state index in [1.54, 1.807) is 0 Å². The fourth-order valence-electron chi connectivity index (χ4n) is 3.36. The van der Waals surface area contributed by atoms with Gasteiger partial charge in [-0.1, -0.05) is 13.8 Å². The quantitative estimate of drug-likeness (QED) is 0.761. The van der Waals surface area contributed by atoms with E-state index in [-0.39, 0.29) is 11.7 Å². The zero-order chi connectivity index (χ0) is 13.0. The number of ether oxygens (including phenoxy) is 1. The fraction of sp³-hybridized carbons (Fsp3) is 0.933. The van der Waals surface area contributed by atoms with Crippen LogP contribution in [0.15, 0.2) is 0 Å². The predicted molar refractivity (Wildman–Crippen MR) is 72.6 cm³/mol. The van der Waals surface area contributed by atoms with Gasteiger partial charge in [-0.3, -0.25) is 0 Å². The summed E-state index contributed by atoms with van der Waals surface area (Å²) in [5.41, 5.74) is -0.163. The number of nitrogens with zero attached hydrogens (tertiary/aromatic N) is 1. The summed E-state index contributed by atoms with van der Waals surface area (Å²) in [6.07, 6.45) is 9.07. The second-order valence-corrected chi connectivity index (χ2v) is 6.00. The molecule has 18 heavy (non-hydrogen) atoms. The highest BCUT2D eigenvalue weighted by atomic mass is 16.6. The van der Waals surface area contributed by atoms with Crippen molar-refractivity contribution in [3.8, 4) is 0 Å². The summed E-state index contributed by atoms with van der Waals surface area (Å²) in [4.78, 5) is 14.2. The van der Waals surface area contributed by atoms with Gasteiger partial charge in [0.1, 0.15) is 5.60 Å². The Labute approximate surface area is 111 Å². The van der Waals surface area contributed by atoms with Crippen LogP contribution < -0.4 is 0 Å². The maximum atomic E-state index is 12.3. The fourth-order valence-corrected chi connectivity index (χ4v) is 3.36. The van der Waals surface area contributed by atoms with Gasteiger partial charge in [0.05, 0.1) is 0 Å². The van der Waals surface area contributed by atoms with Crippen LogP contribution >= 0.6 is 0 Å². The van der Waals surface area contributed by atoms with Crippen LogP contribution in [0.25, 0.3) is 0 Å². The lowest BCUT2D eigenvalue weighted by atomic mass is 9.85. The molecule has 1 aliphatic heterocycles. The largest absolute Gasteiger partial charge is 0.443 e. The molecule has 3 heteroatoms. The van der Waals surface area contributed by atoms with Gasteiger partial charge < -0.3 is 9.64 Å². The average molecular weight is 253 g/mol. The van der Waals surface area contributed by atoms with E-state index >= 15 is 0 Å². The molecule has 1 heterocycles. The molecule has 0 N–H and O–H groups in total. The molecule has 2 fully saturated rings. The van der Waals surface area contributed by atoms with Crippen LogP contribution in [0.1, 0.15) is 65.2 Å². The molecule has 0 aromatic carbocycles. The lowest BCUT2D eigenvalue weighted by Crippen LogP contribution is -2.45. The van der Waals surface area contributed by atoms with E-state index < -0.39 is 0 Å². The van der Waals surface area contributed by atoms with Crippen LogP contribution in [0.5, 0.6) is 0 Å². The van der Waals surface area contributed by atoms with Crippen molar-refractivity contribution >= 4 is 6.09 Å². The van der Waals surface area contributed by atoms with Gasteiger partial charge in [0.25, 0.3) is 0 Å². The lowest BCUT2D eigenvalue weighted by molar-refractivity contribution is -0.0433. The smallest absolute Gasteiger partial charge is 0.410 e. The van der Waals surface area contributed by atoms with E-state index in [1.807, 2.05) is 4.90 Å². The van der Waals surface area contributed by atoms with Crippen molar-refractivity contribution in [1.82, 2.24) is 4.90 Å². The van der Waals surface area contributed by atoms with E-state index in [0.717, 1.165) is 45.2 Å². The Morgan fingerprint density at radius 2 is 1.78 bits per heavy atom.